The second-order valence-corrected chi connectivity index (χ2v) is 3.83. The number of nitrogens with one attached hydrogen (secondary N) is 1. The van der Waals surface area contributed by atoms with Gasteiger partial charge in [-0.2, -0.15) is 4.98 Å². The Morgan fingerprint density at radius 1 is 1.47 bits per heavy atom. The van der Waals surface area contributed by atoms with Gasteiger partial charge in [-0.05, 0) is 25.5 Å². The van der Waals surface area contributed by atoms with Gasteiger partial charge in [0.05, 0.1) is 6.26 Å². The summed E-state index contributed by atoms with van der Waals surface area (Å²) in [5.74, 6) is 1.71. The van der Waals surface area contributed by atoms with E-state index < -0.39 is 0 Å². The predicted molar refractivity (Wildman–Crippen MR) is 64.4 cm³/mol. The highest BCUT2D eigenvalue weighted by molar-refractivity contribution is 5.29. The summed E-state index contributed by atoms with van der Waals surface area (Å²) in [4.78, 5) is 11.7. The molecule has 90 valence electrons. The third-order valence-corrected chi connectivity index (χ3v) is 2.37. The third kappa shape index (κ3) is 3.44. The van der Waals surface area contributed by atoms with Gasteiger partial charge in [0.1, 0.15) is 12.1 Å². The van der Waals surface area contributed by atoms with Crippen LogP contribution in [0.2, 0.25) is 0 Å². The Morgan fingerprint density at radius 3 is 3.06 bits per heavy atom. The lowest BCUT2D eigenvalue weighted by molar-refractivity contribution is 0.494. The number of anilines is 2. The van der Waals surface area contributed by atoms with Gasteiger partial charge in [-0.1, -0.05) is 0 Å². The fraction of sp³-hybridized carbons (Fsp3) is 0.364. The molecule has 3 N–H and O–H groups in total. The number of rotatable bonds is 5. The van der Waals surface area contributed by atoms with E-state index in [-0.39, 0.29) is 12.0 Å². The SMILES string of the molecule is CC(CCc1ccco1)Nc1ncnc(N)n1. The van der Waals surface area contributed by atoms with Crippen molar-refractivity contribution in [2.45, 2.75) is 25.8 Å². The van der Waals surface area contributed by atoms with Crippen molar-refractivity contribution in [3.63, 3.8) is 0 Å². The summed E-state index contributed by atoms with van der Waals surface area (Å²) < 4.78 is 5.26. The molecule has 0 saturated heterocycles. The van der Waals surface area contributed by atoms with E-state index in [0.717, 1.165) is 18.6 Å². The van der Waals surface area contributed by atoms with Crippen LogP contribution in [0.3, 0.4) is 0 Å². The average molecular weight is 233 g/mol. The molecule has 0 bridgehead atoms. The summed E-state index contributed by atoms with van der Waals surface area (Å²) in [6.07, 6.45) is 4.88. The van der Waals surface area contributed by atoms with Crippen molar-refractivity contribution < 1.29 is 4.42 Å². The molecule has 1 atom stereocenters. The Labute approximate surface area is 99.3 Å². The molecule has 17 heavy (non-hydrogen) atoms. The zero-order valence-corrected chi connectivity index (χ0v) is 9.63. The average Bonchev–Trinajstić information content (AvgIpc) is 2.79. The summed E-state index contributed by atoms with van der Waals surface area (Å²) in [5.41, 5.74) is 5.47. The van der Waals surface area contributed by atoms with Gasteiger partial charge in [0.15, 0.2) is 0 Å². The maximum Gasteiger partial charge on any atom is 0.227 e. The van der Waals surface area contributed by atoms with Crippen LogP contribution in [0.4, 0.5) is 11.9 Å². The molecular formula is C11H15N5O. The lowest BCUT2D eigenvalue weighted by Gasteiger charge is -2.12. The number of aryl methyl sites for hydroxylation is 1. The monoisotopic (exact) mass is 233 g/mol. The molecule has 2 aromatic heterocycles. The van der Waals surface area contributed by atoms with E-state index in [9.17, 15) is 0 Å². The van der Waals surface area contributed by atoms with Crippen LogP contribution in [-0.4, -0.2) is 21.0 Å². The standard InChI is InChI=1S/C11H15N5O/c1-8(4-5-9-3-2-6-17-9)15-11-14-7-13-10(12)16-11/h2-3,6-8H,4-5H2,1H3,(H3,12,13,14,15,16). The second-order valence-electron chi connectivity index (χ2n) is 3.83. The first-order valence-corrected chi connectivity index (χ1v) is 5.47. The first-order valence-electron chi connectivity index (χ1n) is 5.47. The molecule has 2 aromatic rings. The van der Waals surface area contributed by atoms with Gasteiger partial charge < -0.3 is 15.5 Å². The molecule has 6 nitrogen and oxygen atoms in total. The Kier molecular flexibility index (Phi) is 3.54. The van der Waals surface area contributed by atoms with Crippen LogP contribution in [0.25, 0.3) is 0 Å². The van der Waals surface area contributed by atoms with Crippen molar-refractivity contribution in [1.82, 2.24) is 15.0 Å². The van der Waals surface area contributed by atoms with E-state index in [1.165, 1.54) is 6.33 Å². The molecule has 6 heteroatoms. The van der Waals surface area contributed by atoms with Crippen LogP contribution in [0.5, 0.6) is 0 Å². The minimum Gasteiger partial charge on any atom is -0.469 e. The minimum atomic E-state index is 0.223. The molecule has 0 aromatic carbocycles. The summed E-state index contributed by atoms with van der Waals surface area (Å²) in [5, 5.41) is 3.16. The second kappa shape index (κ2) is 5.29. The normalized spacial score (nSPS) is 12.3. The first kappa shape index (κ1) is 11.4. The van der Waals surface area contributed by atoms with Gasteiger partial charge in [0.25, 0.3) is 0 Å². The Bertz CT molecular complexity index is 457. The lowest BCUT2D eigenvalue weighted by Crippen LogP contribution is -2.18. The smallest absolute Gasteiger partial charge is 0.227 e. The number of nitrogen functional groups attached to an aromatic ring is 1. The molecule has 0 spiro atoms. The third-order valence-electron chi connectivity index (χ3n) is 2.37. The number of furan rings is 1. The highest BCUT2D eigenvalue weighted by Gasteiger charge is 2.06. The molecule has 2 rings (SSSR count). The molecule has 0 fully saturated rings. The topological polar surface area (TPSA) is 89.9 Å². The largest absolute Gasteiger partial charge is 0.469 e. The van der Waals surface area contributed by atoms with E-state index in [1.54, 1.807) is 6.26 Å². The summed E-state index contributed by atoms with van der Waals surface area (Å²) in [7, 11) is 0. The van der Waals surface area contributed by atoms with Gasteiger partial charge >= 0.3 is 0 Å². The van der Waals surface area contributed by atoms with Crippen LogP contribution in [0.1, 0.15) is 19.1 Å². The number of nitrogens with two attached hydrogens (primary N) is 1. The summed E-state index contributed by atoms with van der Waals surface area (Å²) >= 11 is 0. The molecule has 1 unspecified atom stereocenters. The molecular weight excluding hydrogens is 218 g/mol. The number of nitrogens with zero attached hydrogens (tertiary/aromatic N) is 3. The molecule has 0 radical (unpaired) electrons. The number of hydrogen-bond acceptors (Lipinski definition) is 6. The zero-order chi connectivity index (χ0) is 12.1. The highest BCUT2D eigenvalue weighted by atomic mass is 16.3. The highest BCUT2D eigenvalue weighted by Crippen LogP contribution is 2.08. The summed E-state index contributed by atoms with van der Waals surface area (Å²) in [6.45, 7) is 2.06. The molecule has 2 heterocycles. The Balaban J connectivity index is 1.83. The van der Waals surface area contributed by atoms with Crippen molar-refractivity contribution in [3.05, 3.63) is 30.5 Å². The Hall–Kier alpha value is -2.11. The van der Waals surface area contributed by atoms with Crippen LogP contribution in [0.15, 0.2) is 29.1 Å². The van der Waals surface area contributed by atoms with E-state index in [2.05, 4.69) is 27.2 Å². The van der Waals surface area contributed by atoms with Gasteiger partial charge in [0, 0.05) is 12.5 Å². The quantitative estimate of drug-likeness (QED) is 0.813. The van der Waals surface area contributed by atoms with Crippen LogP contribution in [-0.2, 0) is 6.42 Å². The van der Waals surface area contributed by atoms with Crippen molar-refractivity contribution >= 4 is 11.9 Å². The minimum absolute atomic E-state index is 0.223. The number of hydrogen-bond donors (Lipinski definition) is 2. The zero-order valence-electron chi connectivity index (χ0n) is 9.63. The predicted octanol–water partition coefficient (Wildman–Crippen LogP) is 1.48. The number of aromatic nitrogens is 3. The Morgan fingerprint density at radius 2 is 2.35 bits per heavy atom. The molecule has 0 aliphatic rings. The van der Waals surface area contributed by atoms with E-state index >= 15 is 0 Å². The van der Waals surface area contributed by atoms with Crippen molar-refractivity contribution in [2.24, 2.45) is 0 Å². The lowest BCUT2D eigenvalue weighted by atomic mass is 10.1. The van der Waals surface area contributed by atoms with E-state index in [1.807, 2.05) is 12.1 Å². The van der Waals surface area contributed by atoms with E-state index in [0.29, 0.717) is 5.95 Å². The van der Waals surface area contributed by atoms with Crippen LogP contribution < -0.4 is 11.1 Å². The van der Waals surface area contributed by atoms with Crippen LogP contribution in [0, 0.1) is 0 Å². The van der Waals surface area contributed by atoms with Gasteiger partial charge in [-0.15, -0.1) is 0 Å². The summed E-state index contributed by atoms with van der Waals surface area (Å²) in [6, 6.07) is 4.09. The molecule has 0 aliphatic heterocycles. The molecule has 0 amide bonds. The molecule has 0 aliphatic carbocycles. The van der Waals surface area contributed by atoms with Crippen molar-refractivity contribution in [3.8, 4) is 0 Å². The van der Waals surface area contributed by atoms with Gasteiger partial charge in [-0.25, -0.2) is 9.97 Å². The van der Waals surface area contributed by atoms with Gasteiger partial charge in [-0.3, -0.25) is 0 Å². The maximum atomic E-state index is 5.47. The van der Waals surface area contributed by atoms with Crippen molar-refractivity contribution in [2.75, 3.05) is 11.1 Å². The molecule has 0 saturated carbocycles. The maximum absolute atomic E-state index is 5.47. The van der Waals surface area contributed by atoms with E-state index in [4.69, 9.17) is 10.2 Å². The van der Waals surface area contributed by atoms with Gasteiger partial charge in [0.2, 0.25) is 11.9 Å². The first-order chi connectivity index (χ1) is 8.24. The van der Waals surface area contributed by atoms with Crippen LogP contribution >= 0.6 is 0 Å². The fourth-order valence-corrected chi connectivity index (χ4v) is 1.48. The fourth-order valence-electron chi connectivity index (χ4n) is 1.48. The van der Waals surface area contributed by atoms with Crippen molar-refractivity contribution in [1.29, 1.82) is 0 Å².